The fourth-order valence-corrected chi connectivity index (χ4v) is 3.48. The summed E-state index contributed by atoms with van der Waals surface area (Å²) >= 11 is 0. The molecule has 3 unspecified atom stereocenters. The topological polar surface area (TPSA) is 21.3 Å². The maximum atomic E-state index is 5.31. The molecule has 1 aliphatic rings. The summed E-state index contributed by atoms with van der Waals surface area (Å²) in [6.45, 7) is 4.27. The van der Waals surface area contributed by atoms with Crippen LogP contribution in [0, 0.1) is 5.92 Å². The Hall–Kier alpha value is -0.860. The molecule has 0 spiro atoms. The summed E-state index contributed by atoms with van der Waals surface area (Å²) in [6.07, 6.45) is 6.31. The third kappa shape index (κ3) is 4.32. The Balaban J connectivity index is 1.97. The standard InChI is InChI=1S/C18H29NO/c1-3-12-19-18-10-9-16(14-17(18)11-13-20-2)15-7-5-4-6-8-15/h4-8,16-19H,3,9-14H2,1-2H3. The van der Waals surface area contributed by atoms with Crippen LogP contribution in [-0.2, 0) is 4.74 Å². The van der Waals surface area contributed by atoms with E-state index in [9.17, 15) is 0 Å². The molecule has 1 aromatic carbocycles. The van der Waals surface area contributed by atoms with E-state index in [1.165, 1.54) is 37.7 Å². The molecule has 1 aromatic rings. The van der Waals surface area contributed by atoms with E-state index in [-0.39, 0.29) is 0 Å². The summed E-state index contributed by atoms with van der Waals surface area (Å²) in [5, 5.41) is 3.75. The molecule has 0 saturated heterocycles. The smallest absolute Gasteiger partial charge is 0.0465 e. The summed E-state index contributed by atoms with van der Waals surface area (Å²) in [4.78, 5) is 0. The van der Waals surface area contributed by atoms with E-state index >= 15 is 0 Å². The van der Waals surface area contributed by atoms with Crippen molar-refractivity contribution < 1.29 is 4.74 Å². The molecule has 0 aromatic heterocycles. The third-order valence-electron chi connectivity index (χ3n) is 4.60. The average molecular weight is 275 g/mol. The van der Waals surface area contributed by atoms with E-state index in [0.717, 1.165) is 25.0 Å². The maximum absolute atomic E-state index is 5.31. The average Bonchev–Trinajstić information content (AvgIpc) is 2.52. The van der Waals surface area contributed by atoms with Crippen LogP contribution in [0.5, 0.6) is 0 Å². The second-order valence-electron chi connectivity index (χ2n) is 6.02. The predicted molar refractivity (Wildman–Crippen MR) is 85.1 cm³/mol. The minimum atomic E-state index is 0.685. The van der Waals surface area contributed by atoms with Crippen LogP contribution in [0.3, 0.4) is 0 Å². The summed E-state index contributed by atoms with van der Waals surface area (Å²) < 4.78 is 5.31. The summed E-state index contributed by atoms with van der Waals surface area (Å²) in [7, 11) is 1.81. The molecule has 20 heavy (non-hydrogen) atoms. The van der Waals surface area contributed by atoms with Gasteiger partial charge in [0.2, 0.25) is 0 Å². The van der Waals surface area contributed by atoms with E-state index in [1.54, 1.807) is 0 Å². The minimum absolute atomic E-state index is 0.685. The lowest BCUT2D eigenvalue weighted by atomic mass is 9.74. The van der Waals surface area contributed by atoms with Gasteiger partial charge in [-0.25, -0.2) is 0 Å². The van der Waals surface area contributed by atoms with Gasteiger partial charge in [0, 0.05) is 19.8 Å². The van der Waals surface area contributed by atoms with Crippen LogP contribution < -0.4 is 5.32 Å². The van der Waals surface area contributed by atoms with Crippen molar-refractivity contribution in [2.24, 2.45) is 5.92 Å². The van der Waals surface area contributed by atoms with Gasteiger partial charge in [-0.1, -0.05) is 37.3 Å². The number of benzene rings is 1. The zero-order valence-electron chi connectivity index (χ0n) is 13.0. The first-order valence-corrected chi connectivity index (χ1v) is 8.12. The van der Waals surface area contributed by atoms with Crippen molar-refractivity contribution in [2.45, 2.75) is 51.0 Å². The fraction of sp³-hybridized carbons (Fsp3) is 0.667. The monoisotopic (exact) mass is 275 g/mol. The first-order chi connectivity index (χ1) is 9.85. The van der Waals surface area contributed by atoms with E-state index in [2.05, 4.69) is 42.6 Å². The number of ether oxygens (including phenoxy) is 1. The third-order valence-corrected chi connectivity index (χ3v) is 4.60. The minimum Gasteiger partial charge on any atom is -0.385 e. The Morgan fingerprint density at radius 3 is 2.70 bits per heavy atom. The van der Waals surface area contributed by atoms with Crippen LogP contribution in [0.4, 0.5) is 0 Å². The SMILES string of the molecule is CCCNC1CCC(c2ccccc2)CC1CCOC. The Kier molecular flexibility index (Phi) is 6.55. The highest BCUT2D eigenvalue weighted by Crippen LogP contribution is 2.37. The lowest BCUT2D eigenvalue weighted by Gasteiger charge is -2.37. The van der Waals surface area contributed by atoms with Crippen LogP contribution in [0.2, 0.25) is 0 Å². The van der Waals surface area contributed by atoms with Gasteiger partial charge in [0.15, 0.2) is 0 Å². The van der Waals surface area contributed by atoms with E-state index in [4.69, 9.17) is 4.74 Å². The van der Waals surface area contributed by atoms with Gasteiger partial charge in [-0.2, -0.15) is 0 Å². The van der Waals surface area contributed by atoms with Crippen LogP contribution >= 0.6 is 0 Å². The molecule has 2 heteroatoms. The molecule has 1 saturated carbocycles. The van der Waals surface area contributed by atoms with Crippen molar-refractivity contribution in [3.05, 3.63) is 35.9 Å². The van der Waals surface area contributed by atoms with Crippen molar-refractivity contribution in [3.8, 4) is 0 Å². The van der Waals surface area contributed by atoms with Crippen molar-refractivity contribution in [2.75, 3.05) is 20.3 Å². The van der Waals surface area contributed by atoms with Crippen LogP contribution in [-0.4, -0.2) is 26.3 Å². The lowest BCUT2D eigenvalue weighted by Crippen LogP contribution is -2.41. The van der Waals surface area contributed by atoms with Gasteiger partial charge < -0.3 is 10.1 Å². The first kappa shape index (κ1) is 15.5. The number of hydrogen-bond donors (Lipinski definition) is 1. The normalized spacial score (nSPS) is 26.6. The second kappa shape index (κ2) is 8.43. The zero-order valence-corrected chi connectivity index (χ0v) is 13.0. The van der Waals surface area contributed by atoms with Crippen LogP contribution in [0.25, 0.3) is 0 Å². The predicted octanol–water partition coefficient (Wildman–Crippen LogP) is 3.98. The molecule has 1 aliphatic carbocycles. The molecular formula is C18H29NO. The van der Waals surface area contributed by atoms with Gasteiger partial charge >= 0.3 is 0 Å². The number of methoxy groups -OCH3 is 1. The maximum Gasteiger partial charge on any atom is 0.0465 e. The van der Waals surface area contributed by atoms with Gasteiger partial charge in [-0.3, -0.25) is 0 Å². The molecule has 0 heterocycles. The van der Waals surface area contributed by atoms with Gasteiger partial charge in [-0.05, 0) is 56.0 Å². The molecule has 112 valence electrons. The number of hydrogen-bond acceptors (Lipinski definition) is 2. The molecule has 1 fully saturated rings. The Morgan fingerprint density at radius 1 is 1.20 bits per heavy atom. The van der Waals surface area contributed by atoms with Crippen molar-refractivity contribution in [1.82, 2.24) is 5.32 Å². The Bertz CT molecular complexity index is 365. The van der Waals surface area contributed by atoms with Gasteiger partial charge in [0.05, 0.1) is 0 Å². The van der Waals surface area contributed by atoms with Gasteiger partial charge in [0.25, 0.3) is 0 Å². The van der Waals surface area contributed by atoms with Gasteiger partial charge in [0.1, 0.15) is 0 Å². The van der Waals surface area contributed by atoms with Crippen LogP contribution in [0.15, 0.2) is 30.3 Å². The molecule has 1 N–H and O–H groups in total. The van der Waals surface area contributed by atoms with E-state index in [1.807, 2.05) is 7.11 Å². The first-order valence-electron chi connectivity index (χ1n) is 8.12. The van der Waals surface area contributed by atoms with Crippen LogP contribution in [0.1, 0.15) is 50.5 Å². The summed E-state index contributed by atoms with van der Waals surface area (Å²) in [5.41, 5.74) is 1.52. The van der Waals surface area contributed by atoms with E-state index in [0.29, 0.717) is 6.04 Å². The molecule has 0 amide bonds. The highest BCUT2D eigenvalue weighted by molar-refractivity contribution is 5.20. The summed E-state index contributed by atoms with van der Waals surface area (Å²) in [6, 6.07) is 11.7. The van der Waals surface area contributed by atoms with Crippen molar-refractivity contribution in [3.63, 3.8) is 0 Å². The fourth-order valence-electron chi connectivity index (χ4n) is 3.48. The number of nitrogens with one attached hydrogen (secondary N) is 1. The molecule has 2 rings (SSSR count). The lowest BCUT2D eigenvalue weighted by molar-refractivity contribution is 0.143. The van der Waals surface area contributed by atoms with Crippen molar-refractivity contribution in [1.29, 1.82) is 0 Å². The van der Waals surface area contributed by atoms with E-state index < -0.39 is 0 Å². The molecule has 0 bridgehead atoms. The molecule has 0 radical (unpaired) electrons. The molecule has 0 aliphatic heterocycles. The number of rotatable bonds is 7. The Labute approximate surface area is 123 Å². The highest BCUT2D eigenvalue weighted by atomic mass is 16.5. The molecule has 2 nitrogen and oxygen atoms in total. The zero-order chi connectivity index (χ0) is 14.2. The quantitative estimate of drug-likeness (QED) is 0.813. The van der Waals surface area contributed by atoms with Gasteiger partial charge in [-0.15, -0.1) is 0 Å². The molecule has 3 atom stereocenters. The Morgan fingerprint density at radius 2 is 2.00 bits per heavy atom. The summed E-state index contributed by atoms with van der Waals surface area (Å²) in [5.74, 6) is 1.48. The second-order valence-corrected chi connectivity index (χ2v) is 6.02. The molecular weight excluding hydrogens is 246 g/mol. The van der Waals surface area contributed by atoms with Crippen molar-refractivity contribution >= 4 is 0 Å². The highest BCUT2D eigenvalue weighted by Gasteiger charge is 2.30. The largest absolute Gasteiger partial charge is 0.385 e.